The minimum atomic E-state index is 0.249. The summed E-state index contributed by atoms with van der Waals surface area (Å²) in [5.74, 6) is 0. The highest BCUT2D eigenvalue weighted by Gasteiger charge is 2.16. The van der Waals surface area contributed by atoms with Crippen LogP contribution in [0, 0.1) is 6.92 Å². The van der Waals surface area contributed by atoms with E-state index in [2.05, 4.69) is 57.0 Å². The first-order valence-electron chi connectivity index (χ1n) is 5.98. The van der Waals surface area contributed by atoms with Crippen molar-refractivity contribution in [3.05, 3.63) is 41.6 Å². The predicted octanol–water partition coefficient (Wildman–Crippen LogP) is 4.59. The van der Waals surface area contributed by atoms with E-state index in [0.717, 1.165) is 6.42 Å². The average molecular weight is 245 g/mol. The molecule has 1 nitrogen and oxygen atoms in total. The summed E-state index contributed by atoms with van der Waals surface area (Å²) in [7, 11) is 0. The zero-order valence-electron chi connectivity index (χ0n) is 10.9. The van der Waals surface area contributed by atoms with Crippen LogP contribution in [0.25, 0.3) is 0 Å². The Balaban J connectivity index is 2.34. The van der Waals surface area contributed by atoms with Crippen LogP contribution >= 0.6 is 11.8 Å². The van der Waals surface area contributed by atoms with Crippen LogP contribution in [0.1, 0.15) is 38.3 Å². The van der Waals surface area contributed by atoms with Gasteiger partial charge in [-0.1, -0.05) is 39.0 Å². The molecule has 2 heteroatoms. The Morgan fingerprint density at radius 3 is 2.59 bits per heavy atom. The van der Waals surface area contributed by atoms with E-state index in [-0.39, 0.29) is 4.75 Å². The van der Waals surface area contributed by atoms with Gasteiger partial charge in [-0.3, -0.25) is 4.99 Å². The number of nitrogens with zero attached hydrogens (tertiary/aromatic N) is 1. The molecule has 0 bridgehead atoms. The maximum Gasteiger partial charge on any atom is 0.0517 e. The second-order valence-corrected chi connectivity index (χ2v) is 7.18. The van der Waals surface area contributed by atoms with Crippen molar-refractivity contribution in [2.75, 3.05) is 0 Å². The second-order valence-electron chi connectivity index (χ2n) is 5.31. The lowest BCUT2D eigenvalue weighted by Gasteiger charge is -2.20. The van der Waals surface area contributed by atoms with Crippen molar-refractivity contribution >= 4 is 17.5 Å². The highest BCUT2D eigenvalue weighted by atomic mass is 32.2. The Hall–Kier alpha value is -1.02. The van der Waals surface area contributed by atoms with Crippen molar-refractivity contribution in [1.82, 2.24) is 0 Å². The molecule has 0 unspecified atom stereocenters. The molecule has 0 saturated heterocycles. The molecule has 0 fully saturated rings. The minimum absolute atomic E-state index is 0.249. The number of benzene rings is 1. The van der Waals surface area contributed by atoms with Gasteiger partial charge in [0.15, 0.2) is 0 Å². The number of aliphatic imine (C=N–C) groups is 1. The molecule has 1 heterocycles. The Kier molecular flexibility index (Phi) is 3.43. The average Bonchev–Trinajstić information content (AvgIpc) is 2.72. The van der Waals surface area contributed by atoms with Crippen molar-refractivity contribution in [1.29, 1.82) is 0 Å². The summed E-state index contributed by atoms with van der Waals surface area (Å²) < 4.78 is 0.249. The standard InChI is InChI=1S/C15H19NS/c1-11-12(13-8-6-10-16-13)7-5-9-14(11)17-15(2,3)4/h5-7,9-10H,8H2,1-4H3. The van der Waals surface area contributed by atoms with Crippen molar-refractivity contribution < 1.29 is 0 Å². The highest BCUT2D eigenvalue weighted by Crippen LogP contribution is 2.35. The maximum atomic E-state index is 4.43. The van der Waals surface area contributed by atoms with Crippen LogP contribution in [0.2, 0.25) is 0 Å². The predicted molar refractivity (Wildman–Crippen MR) is 77.1 cm³/mol. The molecule has 90 valence electrons. The van der Waals surface area contributed by atoms with Gasteiger partial charge in [-0.2, -0.15) is 0 Å². The molecule has 0 amide bonds. The summed E-state index contributed by atoms with van der Waals surface area (Å²) in [6.07, 6.45) is 4.97. The van der Waals surface area contributed by atoms with Gasteiger partial charge in [0.25, 0.3) is 0 Å². The fourth-order valence-electron chi connectivity index (χ4n) is 1.91. The third kappa shape index (κ3) is 3.01. The van der Waals surface area contributed by atoms with Crippen molar-refractivity contribution in [2.24, 2.45) is 4.99 Å². The Morgan fingerprint density at radius 2 is 2.00 bits per heavy atom. The molecule has 0 spiro atoms. The van der Waals surface area contributed by atoms with Crippen LogP contribution < -0.4 is 0 Å². The fraction of sp³-hybridized carbons (Fsp3) is 0.400. The van der Waals surface area contributed by atoms with Gasteiger partial charge in [0.2, 0.25) is 0 Å². The minimum Gasteiger partial charge on any atom is -0.261 e. The van der Waals surface area contributed by atoms with Gasteiger partial charge in [-0.05, 0) is 18.6 Å². The van der Waals surface area contributed by atoms with Crippen LogP contribution in [-0.4, -0.2) is 10.5 Å². The lowest BCUT2D eigenvalue weighted by molar-refractivity contribution is 0.802. The van der Waals surface area contributed by atoms with Gasteiger partial charge in [0, 0.05) is 27.8 Å². The number of allylic oxidation sites excluding steroid dienone is 1. The van der Waals surface area contributed by atoms with E-state index in [1.165, 1.54) is 21.7 Å². The van der Waals surface area contributed by atoms with E-state index in [0.29, 0.717) is 0 Å². The third-order valence-electron chi connectivity index (χ3n) is 2.66. The van der Waals surface area contributed by atoms with E-state index < -0.39 is 0 Å². The monoisotopic (exact) mass is 245 g/mol. The molecule has 0 saturated carbocycles. The van der Waals surface area contributed by atoms with Gasteiger partial charge < -0.3 is 0 Å². The lowest BCUT2D eigenvalue weighted by atomic mass is 10.0. The normalized spacial score (nSPS) is 15.2. The zero-order valence-corrected chi connectivity index (χ0v) is 11.8. The number of rotatable bonds is 2. The summed E-state index contributed by atoms with van der Waals surface area (Å²) >= 11 is 1.92. The van der Waals surface area contributed by atoms with Crippen molar-refractivity contribution in [2.45, 2.75) is 43.8 Å². The van der Waals surface area contributed by atoms with Crippen LogP contribution in [0.15, 0.2) is 40.4 Å². The van der Waals surface area contributed by atoms with Gasteiger partial charge in [0.1, 0.15) is 0 Å². The fourth-order valence-corrected chi connectivity index (χ4v) is 2.98. The van der Waals surface area contributed by atoms with Gasteiger partial charge in [0.05, 0.1) is 5.71 Å². The number of thioether (sulfide) groups is 1. The molecule has 0 aliphatic carbocycles. The molecular formula is C15H19NS. The smallest absolute Gasteiger partial charge is 0.0517 e. The van der Waals surface area contributed by atoms with Crippen LogP contribution in [0.4, 0.5) is 0 Å². The quantitative estimate of drug-likeness (QED) is 0.694. The topological polar surface area (TPSA) is 12.4 Å². The SMILES string of the molecule is Cc1c(SC(C)(C)C)cccc1C1=NC=CC1. The molecule has 0 radical (unpaired) electrons. The second kappa shape index (κ2) is 4.69. The first-order valence-corrected chi connectivity index (χ1v) is 6.80. The summed E-state index contributed by atoms with van der Waals surface area (Å²) in [5.41, 5.74) is 3.85. The summed E-state index contributed by atoms with van der Waals surface area (Å²) in [6.45, 7) is 8.94. The largest absolute Gasteiger partial charge is 0.261 e. The van der Waals surface area contributed by atoms with E-state index in [4.69, 9.17) is 0 Å². The zero-order chi connectivity index (χ0) is 12.5. The molecule has 0 atom stereocenters. The molecule has 17 heavy (non-hydrogen) atoms. The van der Waals surface area contributed by atoms with Crippen LogP contribution in [0.5, 0.6) is 0 Å². The van der Waals surface area contributed by atoms with E-state index in [1.54, 1.807) is 0 Å². The molecule has 0 N–H and O–H groups in total. The summed E-state index contributed by atoms with van der Waals surface area (Å²) in [6, 6.07) is 6.52. The third-order valence-corrected chi connectivity index (χ3v) is 3.93. The molecule has 0 aromatic heterocycles. The molecule has 1 aliphatic rings. The molecule has 2 rings (SSSR count). The van der Waals surface area contributed by atoms with E-state index in [1.807, 2.05) is 18.0 Å². The van der Waals surface area contributed by atoms with E-state index in [9.17, 15) is 0 Å². The van der Waals surface area contributed by atoms with Gasteiger partial charge in [-0.15, -0.1) is 11.8 Å². The molecule has 1 aliphatic heterocycles. The number of hydrogen-bond donors (Lipinski definition) is 0. The number of hydrogen-bond acceptors (Lipinski definition) is 2. The first kappa shape index (κ1) is 12.4. The summed E-state index contributed by atoms with van der Waals surface area (Å²) in [5, 5.41) is 0. The molecule has 1 aromatic carbocycles. The van der Waals surface area contributed by atoms with Gasteiger partial charge >= 0.3 is 0 Å². The Morgan fingerprint density at radius 1 is 1.24 bits per heavy atom. The Bertz CT molecular complexity index is 478. The first-order chi connectivity index (χ1) is 7.97. The molecule has 1 aromatic rings. The Labute approximate surface area is 108 Å². The van der Waals surface area contributed by atoms with Gasteiger partial charge in [-0.25, -0.2) is 0 Å². The van der Waals surface area contributed by atoms with Crippen molar-refractivity contribution in [3.63, 3.8) is 0 Å². The molecular weight excluding hydrogens is 226 g/mol. The summed E-state index contributed by atoms with van der Waals surface area (Å²) in [4.78, 5) is 5.80. The highest BCUT2D eigenvalue weighted by molar-refractivity contribution is 8.00. The van der Waals surface area contributed by atoms with Crippen LogP contribution in [-0.2, 0) is 0 Å². The lowest BCUT2D eigenvalue weighted by Crippen LogP contribution is -2.08. The van der Waals surface area contributed by atoms with Crippen LogP contribution in [0.3, 0.4) is 0 Å². The van der Waals surface area contributed by atoms with Crippen molar-refractivity contribution in [3.8, 4) is 0 Å². The maximum absolute atomic E-state index is 4.43. The van der Waals surface area contributed by atoms with E-state index >= 15 is 0 Å².